The van der Waals surface area contributed by atoms with E-state index < -0.39 is 0 Å². The third kappa shape index (κ3) is 2.75. The van der Waals surface area contributed by atoms with Crippen molar-refractivity contribution in [2.75, 3.05) is 11.1 Å². The van der Waals surface area contributed by atoms with Gasteiger partial charge in [0.15, 0.2) is 0 Å². The zero-order valence-electron chi connectivity index (χ0n) is 9.28. The molecule has 0 spiro atoms. The third-order valence-corrected chi connectivity index (χ3v) is 3.00. The van der Waals surface area contributed by atoms with Crippen molar-refractivity contribution in [2.24, 2.45) is 0 Å². The monoisotopic (exact) mass is 280 g/mol. The van der Waals surface area contributed by atoms with Gasteiger partial charge in [0, 0.05) is 11.3 Å². The molecule has 2 rings (SSSR count). The van der Waals surface area contributed by atoms with Crippen LogP contribution in [-0.4, -0.2) is 5.91 Å². The molecule has 0 aromatic heterocycles. The molecule has 18 heavy (non-hydrogen) atoms. The van der Waals surface area contributed by atoms with Crippen molar-refractivity contribution in [3.05, 3.63) is 58.1 Å². The number of para-hydroxylation sites is 1. The van der Waals surface area contributed by atoms with E-state index >= 15 is 0 Å². The quantitative estimate of drug-likeness (QED) is 0.822. The normalized spacial score (nSPS) is 10.1. The lowest BCUT2D eigenvalue weighted by molar-refractivity contribution is 0.102. The summed E-state index contributed by atoms with van der Waals surface area (Å²) in [7, 11) is 0. The SMILES string of the molecule is Nc1ccc(C(=O)Nc2c(Cl)cccc2Cl)cc1. The Balaban J connectivity index is 2.24. The molecule has 3 nitrogen and oxygen atoms in total. The van der Waals surface area contributed by atoms with E-state index in [2.05, 4.69) is 5.32 Å². The lowest BCUT2D eigenvalue weighted by atomic mass is 10.2. The van der Waals surface area contributed by atoms with Gasteiger partial charge in [0.05, 0.1) is 15.7 Å². The van der Waals surface area contributed by atoms with Gasteiger partial charge in [-0.05, 0) is 36.4 Å². The number of rotatable bonds is 2. The van der Waals surface area contributed by atoms with E-state index in [0.29, 0.717) is 27.0 Å². The summed E-state index contributed by atoms with van der Waals surface area (Å²) in [4.78, 5) is 12.0. The molecule has 0 aliphatic carbocycles. The number of nitrogens with two attached hydrogens (primary N) is 1. The van der Waals surface area contributed by atoms with Gasteiger partial charge in [-0.15, -0.1) is 0 Å². The molecule has 0 heterocycles. The van der Waals surface area contributed by atoms with Crippen LogP contribution in [0.2, 0.25) is 10.0 Å². The fraction of sp³-hybridized carbons (Fsp3) is 0. The standard InChI is InChI=1S/C13H10Cl2N2O/c14-10-2-1-3-11(15)12(10)17-13(18)8-4-6-9(16)7-5-8/h1-7H,16H2,(H,17,18). The van der Waals surface area contributed by atoms with Gasteiger partial charge in [0.2, 0.25) is 0 Å². The van der Waals surface area contributed by atoms with Crippen molar-refractivity contribution < 1.29 is 4.79 Å². The second kappa shape index (κ2) is 5.29. The highest BCUT2D eigenvalue weighted by atomic mass is 35.5. The van der Waals surface area contributed by atoms with Crippen LogP contribution in [0.5, 0.6) is 0 Å². The molecule has 0 radical (unpaired) electrons. The molecule has 5 heteroatoms. The molecular weight excluding hydrogens is 271 g/mol. The largest absolute Gasteiger partial charge is 0.399 e. The van der Waals surface area contributed by atoms with E-state index in [9.17, 15) is 4.79 Å². The van der Waals surface area contributed by atoms with E-state index in [1.54, 1.807) is 42.5 Å². The molecule has 0 aliphatic rings. The van der Waals surface area contributed by atoms with Crippen LogP contribution in [0.15, 0.2) is 42.5 Å². The highest BCUT2D eigenvalue weighted by Gasteiger charge is 2.10. The smallest absolute Gasteiger partial charge is 0.255 e. The number of carbonyl (C=O) groups is 1. The number of benzene rings is 2. The number of carbonyl (C=O) groups excluding carboxylic acids is 1. The average Bonchev–Trinajstić information content (AvgIpc) is 2.34. The number of anilines is 2. The van der Waals surface area contributed by atoms with E-state index in [-0.39, 0.29) is 5.91 Å². The van der Waals surface area contributed by atoms with Crippen LogP contribution in [0.25, 0.3) is 0 Å². The average molecular weight is 281 g/mol. The van der Waals surface area contributed by atoms with Crippen molar-refractivity contribution in [3.63, 3.8) is 0 Å². The van der Waals surface area contributed by atoms with Crippen molar-refractivity contribution >= 4 is 40.5 Å². The molecule has 2 aromatic rings. The number of halogens is 2. The van der Waals surface area contributed by atoms with Crippen LogP contribution in [0.3, 0.4) is 0 Å². The molecule has 0 bridgehead atoms. The Morgan fingerprint density at radius 1 is 1.00 bits per heavy atom. The van der Waals surface area contributed by atoms with Crippen LogP contribution < -0.4 is 11.1 Å². The Morgan fingerprint density at radius 3 is 2.11 bits per heavy atom. The maximum atomic E-state index is 12.0. The van der Waals surface area contributed by atoms with Crippen LogP contribution in [-0.2, 0) is 0 Å². The minimum atomic E-state index is -0.287. The molecule has 0 atom stereocenters. The molecular formula is C13H10Cl2N2O. The first-order valence-corrected chi connectivity index (χ1v) is 5.94. The number of nitrogen functional groups attached to an aromatic ring is 1. The van der Waals surface area contributed by atoms with Crippen molar-refractivity contribution in [2.45, 2.75) is 0 Å². The van der Waals surface area contributed by atoms with Gasteiger partial charge in [0.1, 0.15) is 0 Å². The summed E-state index contributed by atoms with van der Waals surface area (Å²) in [5.41, 5.74) is 7.04. The lowest BCUT2D eigenvalue weighted by Gasteiger charge is -2.09. The predicted octanol–water partition coefficient (Wildman–Crippen LogP) is 3.83. The zero-order valence-corrected chi connectivity index (χ0v) is 10.8. The highest BCUT2D eigenvalue weighted by molar-refractivity contribution is 6.40. The summed E-state index contributed by atoms with van der Waals surface area (Å²) in [5.74, 6) is -0.287. The maximum Gasteiger partial charge on any atom is 0.255 e. The van der Waals surface area contributed by atoms with Gasteiger partial charge in [-0.1, -0.05) is 29.3 Å². The first-order valence-electron chi connectivity index (χ1n) is 5.19. The van der Waals surface area contributed by atoms with Gasteiger partial charge in [-0.25, -0.2) is 0 Å². The third-order valence-electron chi connectivity index (χ3n) is 2.37. The summed E-state index contributed by atoms with van der Waals surface area (Å²) < 4.78 is 0. The van der Waals surface area contributed by atoms with Gasteiger partial charge < -0.3 is 11.1 Å². The van der Waals surface area contributed by atoms with Crippen LogP contribution in [0.1, 0.15) is 10.4 Å². The lowest BCUT2D eigenvalue weighted by Crippen LogP contribution is -2.12. The molecule has 0 unspecified atom stereocenters. The fourth-order valence-corrected chi connectivity index (χ4v) is 1.93. The van der Waals surface area contributed by atoms with Crippen molar-refractivity contribution in [1.82, 2.24) is 0 Å². The van der Waals surface area contributed by atoms with Crippen LogP contribution in [0, 0.1) is 0 Å². The molecule has 0 saturated carbocycles. The first kappa shape index (κ1) is 12.7. The van der Waals surface area contributed by atoms with E-state index in [4.69, 9.17) is 28.9 Å². The first-order chi connectivity index (χ1) is 8.58. The predicted molar refractivity (Wildman–Crippen MR) is 75.3 cm³/mol. The second-order valence-corrected chi connectivity index (χ2v) is 4.49. The topological polar surface area (TPSA) is 55.1 Å². The van der Waals surface area contributed by atoms with E-state index in [0.717, 1.165) is 0 Å². The Hall–Kier alpha value is -1.71. The van der Waals surface area contributed by atoms with Gasteiger partial charge >= 0.3 is 0 Å². The Kier molecular flexibility index (Phi) is 3.75. The second-order valence-electron chi connectivity index (χ2n) is 3.67. The molecule has 92 valence electrons. The summed E-state index contributed by atoms with van der Waals surface area (Å²) >= 11 is 11.9. The van der Waals surface area contributed by atoms with E-state index in [1.807, 2.05) is 0 Å². The van der Waals surface area contributed by atoms with Crippen LogP contribution >= 0.6 is 23.2 Å². The Bertz CT molecular complexity index is 562. The number of amides is 1. The van der Waals surface area contributed by atoms with Crippen molar-refractivity contribution in [1.29, 1.82) is 0 Å². The summed E-state index contributed by atoms with van der Waals surface area (Å²) in [6, 6.07) is 11.6. The molecule has 0 aliphatic heterocycles. The van der Waals surface area contributed by atoms with Gasteiger partial charge in [0.25, 0.3) is 5.91 Å². The molecule has 1 amide bonds. The maximum absolute atomic E-state index is 12.0. The Labute approximate surface area is 115 Å². The summed E-state index contributed by atoms with van der Waals surface area (Å²) in [6.45, 7) is 0. The van der Waals surface area contributed by atoms with Gasteiger partial charge in [-0.2, -0.15) is 0 Å². The van der Waals surface area contributed by atoms with E-state index in [1.165, 1.54) is 0 Å². The minimum Gasteiger partial charge on any atom is -0.399 e. The summed E-state index contributed by atoms with van der Waals surface area (Å²) in [5, 5.41) is 3.46. The van der Waals surface area contributed by atoms with Crippen LogP contribution in [0.4, 0.5) is 11.4 Å². The molecule has 2 aromatic carbocycles. The highest BCUT2D eigenvalue weighted by Crippen LogP contribution is 2.30. The fourth-order valence-electron chi connectivity index (χ4n) is 1.44. The van der Waals surface area contributed by atoms with Crippen molar-refractivity contribution in [3.8, 4) is 0 Å². The Morgan fingerprint density at radius 2 is 1.56 bits per heavy atom. The molecule has 0 saturated heterocycles. The summed E-state index contributed by atoms with van der Waals surface area (Å²) in [6.07, 6.45) is 0. The zero-order chi connectivity index (χ0) is 13.1. The number of hydrogen-bond donors (Lipinski definition) is 2. The minimum absolute atomic E-state index is 0.287. The number of hydrogen-bond acceptors (Lipinski definition) is 2. The number of nitrogens with one attached hydrogen (secondary N) is 1. The molecule has 3 N–H and O–H groups in total. The van der Waals surface area contributed by atoms with Gasteiger partial charge in [-0.3, -0.25) is 4.79 Å². The molecule has 0 fully saturated rings.